The smallest absolute Gasteiger partial charge is 0.269 e. The summed E-state index contributed by atoms with van der Waals surface area (Å²) in [6.07, 6.45) is 0. The van der Waals surface area contributed by atoms with E-state index >= 15 is 0 Å². The molecular formula is C12H11N3O3S. The Morgan fingerprint density at radius 2 is 2.11 bits per heavy atom. The zero-order valence-electron chi connectivity index (χ0n) is 10.1. The third kappa shape index (κ3) is 3.35. The Bertz CT molecular complexity index is 607. The van der Waals surface area contributed by atoms with Gasteiger partial charge >= 0.3 is 0 Å². The summed E-state index contributed by atoms with van der Waals surface area (Å²) >= 11 is 1.52. The molecule has 19 heavy (non-hydrogen) atoms. The Balaban J connectivity index is 1.98. The number of rotatable bonds is 4. The molecular weight excluding hydrogens is 266 g/mol. The lowest BCUT2D eigenvalue weighted by Crippen LogP contribution is -2.22. The lowest BCUT2D eigenvalue weighted by atomic mass is 10.2. The number of nitrogens with one attached hydrogen (secondary N) is 1. The van der Waals surface area contributed by atoms with Crippen LogP contribution in [0.3, 0.4) is 0 Å². The van der Waals surface area contributed by atoms with Gasteiger partial charge in [0.2, 0.25) is 0 Å². The predicted molar refractivity (Wildman–Crippen MR) is 71.1 cm³/mol. The number of thiazole rings is 1. The fourth-order valence-corrected chi connectivity index (χ4v) is 2.11. The van der Waals surface area contributed by atoms with E-state index in [4.69, 9.17) is 0 Å². The van der Waals surface area contributed by atoms with E-state index in [1.54, 1.807) is 0 Å². The fourth-order valence-electron chi connectivity index (χ4n) is 1.50. The van der Waals surface area contributed by atoms with E-state index in [0.29, 0.717) is 12.1 Å². The molecule has 0 aliphatic heterocycles. The molecule has 0 aliphatic rings. The van der Waals surface area contributed by atoms with Crippen molar-refractivity contribution in [2.75, 3.05) is 0 Å². The van der Waals surface area contributed by atoms with Crippen molar-refractivity contribution in [2.45, 2.75) is 13.5 Å². The number of nitro groups is 1. The monoisotopic (exact) mass is 277 g/mol. The number of amides is 1. The van der Waals surface area contributed by atoms with Crippen LogP contribution < -0.4 is 5.32 Å². The van der Waals surface area contributed by atoms with E-state index in [2.05, 4.69) is 10.3 Å². The van der Waals surface area contributed by atoms with Crippen LogP contribution in [-0.2, 0) is 6.54 Å². The number of hydrogen-bond acceptors (Lipinski definition) is 5. The Hall–Kier alpha value is -2.28. The van der Waals surface area contributed by atoms with Crippen molar-refractivity contribution < 1.29 is 9.72 Å². The van der Waals surface area contributed by atoms with Gasteiger partial charge in [0.25, 0.3) is 11.6 Å². The minimum atomic E-state index is -0.500. The first-order chi connectivity index (χ1) is 9.06. The molecule has 1 amide bonds. The fraction of sp³-hybridized carbons (Fsp3) is 0.167. The van der Waals surface area contributed by atoms with Gasteiger partial charge in [-0.2, -0.15) is 0 Å². The molecule has 0 spiro atoms. The van der Waals surface area contributed by atoms with Gasteiger partial charge in [-0.3, -0.25) is 14.9 Å². The summed E-state index contributed by atoms with van der Waals surface area (Å²) in [5.74, 6) is -0.277. The first-order valence-electron chi connectivity index (χ1n) is 5.50. The zero-order chi connectivity index (χ0) is 13.8. The molecule has 98 valence electrons. The Morgan fingerprint density at radius 3 is 2.63 bits per heavy atom. The summed E-state index contributed by atoms with van der Waals surface area (Å²) in [6.45, 7) is 2.24. The molecule has 1 N–H and O–H groups in total. The number of non-ortho nitro benzene ring substituents is 1. The molecule has 0 saturated heterocycles. The second kappa shape index (κ2) is 5.57. The van der Waals surface area contributed by atoms with Crippen LogP contribution in [0.4, 0.5) is 5.69 Å². The molecule has 0 aliphatic carbocycles. The third-order valence-corrected chi connectivity index (χ3v) is 3.26. The maximum atomic E-state index is 11.8. The van der Waals surface area contributed by atoms with Crippen molar-refractivity contribution in [1.82, 2.24) is 10.3 Å². The highest BCUT2D eigenvalue weighted by molar-refractivity contribution is 7.09. The number of carbonyl (C=O) groups excluding carboxylic acids is 1. The summed E-state index contributed by atoms with van der Waals surface area (Å²) < 4.78 is 0. The van der Waals surface area contributed by atoms with E-state index in [0.717, 1.165) is 10.7 Å². The molecule has 0 radical (unpaired) electrons. The third-order valence-electron chi connectivity index (χ3n) is 2.44. The number of aryl methyl sites for hydroxylation is 1. The van der Waals surface area contributed by atoms with E-state index in [1.807, 2.05) is 12.3 Å². The minimum Gasteiger partial charge on any atom is -0.346 e. The number of nitrogens with zero attached hydrogens (tertiary/aromatic N) is 2. The van der Waals surface area contributed by atoms with Crippen LogP contribution in [-0.4, -0.2) is 15.8 Å². The van der Waals surface area contributed by atoms with Gasteiger partial charge < -0.3 is 5.32 Å². The summed E-state index contributed by atoms with van der Waals surface area (Å²) in [6, 6.07) is 5.48. The molecule has 2 aromatic rings. The second-order valence-electron chi connectivity index (χ2n) is 3.84. The van der Waals surface area contributed by atoms with Crippen molar-refractivity contribution in [3.05, 3.63) is 56.0 Å². The largest absolute Gasteiger partial charge is 0.346 e. The van der Waals surface area contributed by atoms with Gasteiger partial charge in [0.1, 0.15) is 0 Å². The minimum absolute atomic E-state index is 0.0355. The average molecular weight is 277 g/mol. The maximum absolute atomic E-state index is 11.8. The number of hydrogen-bond donors (Lipinski definition) is 1. The van der Waals surface area contributed by atoms with Crippen LogP contribution >= 0.6 is 11.3 Å². The van der Waals surface area contributed by atoms with Gasteiger partial charge in [-0.05, 0) is 19.1 Å². The molecule has 0 bridgehead atoms. The summed E-state index contributed by atoms with van der Waals surface area (Å²) in [7, 11) is 0. The molecule has 1 aromatic heterocycles. The van der Waals surface area contributed by atoms with E-state index in [-0.39, 0.29) is 11.6 Å². The number of aromatic nitrogens is 1. The Labute approximate surface area is 113 Å². The highest BCUT2D eigenvalue weighted by atomic mass is 32.1. The van der Waals surface area contributed by atoms with Crippen LogP contribution in [0, 0.1) is 17.0 Å². The van der Waals surface area contributed by atoms with Gasteiger partial charge in [0.15, 0.2) is 0 Å². The predicted octanol–water partition coefficient (Wildman–Crippen LogP) is 2.29. The molecule has 6 nitrogen and oxygen atoms in total. The standard InChI is InChI=1S/C12H11N3O3S/c1-8-14-10(7-19-8)6-13-12(16)9-2-4-11(5-3-9)15(17)18/h2-5,7H,6H2,1H3,(H,13,16). The molecule has 1 aromatic carbocycles. The lowest BCUT2D eigenvalue weighted by molar-refractivity contribution is -0.384. The van der Waals surface area contributed by atoms with Crippen molar-refractivity contribution in [2.24, 2.45) is 0 Å². The Kier molecular flexibility index (Phi) is 3.86. The van der Waals surface area contributed by atoms with Crippen LogP contribution in [0.1, 0.15) is 21.1 Å². The van der Waals surface area contributed by atoms with Crippen molar-refractivity contribution >= 4 is 22.9 Å². The molecule has 0 unspecified atom stereocenters. The van der Waals surface area contributed by atoms with Gasteiger partial charge in [-0.25, -0.2) is 4.98 Å². The summed E-state index contributed by atoms with van der Waals surface area (Å²) in [4.78, 5) is 26.0. The first-order valence-corrected chi connectivity index (χ1v) is 6.38. The van der Waals surface area contributed by atoms with Gasteiger partial charge in [-0.1, -0.05) is 0 Å². The van der Waals surface area contributed by atoms with E-state index in [9.17, 15) is 14.9 Å². The summed E-state index contributed by atoms with van der Waals surface area (Å²) in [5.41, 5.74) is 1.15. The number of carbonyl (C=O) groups is 1. The molecule has 2 rings (SSSR count). The SMILES string of the molecule is Cc1nc(CNC(=O)c2ccc([N+](=O)[O-])cc2)cs1. The molecule has 0 atom stereocenters. The van der Waals surface area contributed by atoms with E-state index < -0.39 is 4.92 Å². The van der Waals surface area contributed by atoms with Crippen LogP contribution in [0.2, 0.25) is 0 Å². The van der Waals surface area contributed by atoms with Crippen LogP contribution in [0.5, 0.6) is 0 Å². The number of benzene rings is 1. The second-order valence-corrected chi connectivity index (χ2v) is 4.91. The topological polar surface area (TPSA) is 85.1 Å². The van der Waals surface area contributed by atoms with Crippen LogP contribution in [0.15, 0.2) is 29.6 Å². The average Bonchev–Trinajstić information content (AvgIpc) is 2.82. The van der Waals surface area contributed by atoms with Crippen molar-refractivity contribution in [3.63, 3.8) is 0 Å². The normalized spacial score (nSPS) is 10.2. The van der Waals surface area contributed by atoms with E-state index in [1.165, 1.54) is 35.6 Å². The van der Waals surface area contributed by atoms with Crippen molar-refractivity contribution in [3.8, 4) is 0 Å². The summed E-state index contributed by atoms with van der Waals surface area (Å²) in [5, 5.41) is 16.0. The van der Waals surface area contributed by atoms with Gasteiger partial charge in [-0.15, -0.1) is 11.3 Å². The molecule has 7 heteroatoms. The van der Waals surface area contributed by atoms with Crippen LogP contribution in [0.25, 0.3) is 0 Å². The molecule has 0 saturated carbocycles. The zero-order valence-corrected chi connectivity index (χ0v) is 10.9. The van der Waals surface area contributed by atoms with Gasteiger partial charge in [0.05, 0.1) is 22.2 Å². The molecule has 1 heterocycles. The highest BCUT2D eigenvalue weighted by Gasteiger charge is 2.09. The quantitative estimate of drug-likeness (QED) is 0.686. The van der Waals surface area contributed by atoms with Gasteiger partial charge in [0, 0.05) is 23.1 Å². The highest BCUT2D eigenvalue weighted by Crippen LogP contribution is 2.12. The molecule has 0 fully saturated rings. The number of nitro benzene ring substituents is 1. The lowest BCUT2D eigenvalue weighted by Gasteiger charge is -2.02. The van der Waals surface area contributed by atoms with Crippen molar-refractivity contribution in [1.29, 1.82) is 0 Å². The Morgan fingerprint density at radius 1 is 1.42 bits per heavy atom. The maximum Gasteiger partial charge on any atom is 0.269 e. The first kappa shape index (κ1) is 13.2.